The maximum Gasteiger partial charge on any atom is 0.248 e. The summed E-state index contributed by atoms with van der Waals surface area (Å²) in [5.74, 6) is 0.269. The van der Waals surface area contributed by atoms with Crippen molar-refractivity contribution in [1.82, 2.24) is 10.6 Å². The number of hydrogen-bond donors (Lipinski definition) is 3. The second-order valence-electron chi connectivity index (χ2n) is 5.24. The number of halogens is 2. The molecule has 0 saturated carbocycles. The molecule has 0 unspecified atom stereocenters. The summed E-state index contributed by atoms with van der Waals surface area (Å²) in [5, 5.41) is 7.18. The lowest BCUT2D eigenvalue weighted by Gasteiger charge is -2.11. The highest BCUT2D eigenvalue weighted by Crippen LogP contribution is 2.09. The zero-order valence-electron chi connectivity index (χ0n) is 14.0. The van der Waals surface area contributed by atoms with Crippen LogP contribution in [0.15, 0.2) is 53.5 Å². The fourth-order valence-electron chi connectivity index (χ4n) is 2.12. The molecule has 0 aliphatic heterocycles. The van der Waals surface area contributed by atoms with Crippen molar-refractivity contribution >= 4 is 47.4 Å². The van der Waals surface area contributed by atoms with E-state index in [-0.39, 0.29) is 24.0 Å². The Kier molecular flexibility index (Phi) is 9.30. The highest BCUT2D eigenvalue weighted by Gasteiger charge is 2.02. The number of nitrogens with two attached hydrogens (primary N) is 1. The van der Waals surface area contributed by atoms with E-state index in [2.05, 4.69) is 15.6 Å². The molecule has 0 fully saturated rings. The maximum absolute atomic E-state index is 11.2. The summed E-state index contributed by atoms with van der Waals surface area (Å²) < 4.78 is 0. The van der Waals surface area contributed by atoms with Crippen molar-refractivity contribution in [3.63, 3.8) is 0 Å². The van der Waals surface area contributed by atoms with E-state index in [4.69, 9.17) is 17.3 Å². The average Bonchev–Trinajstić information content (AvgIpc) is 2.59. The van der Waals surface area contributed by atoms with E-state index in [1.165, 1.54) is 0 Å². The zero-order valence-corrected chi connectivity index (χ0v) is 17.0. The first-order valence-electron chi connectivity index (χ1n) is 7.74. The van der Waals surface area contributed by atoms with Gasteiger partial charge in [0.1, 0.15) is 0 Å². The first kappa shape index (κ1) is 21.2. The zero-order chi connectivity index (χ0) is 17.4. The molecule has 0 heterocycles. The minimum Gasteiger partial charge on any atom is -0.366 e. The molecular formula is C18H22ClIN4O. The van der Waals surface area contributed by atoms with Crippen LogP contribution in [0.1, 0.15) is 28.4 Å². The number of carbonyl (C=O) groups excluding carboxylic acids is 1. The Balaban J connectivity index is 0.00000312. The highest BCUT2D eigenvalue weighted by molar-refractivity contribution is 14.0. The van der Waals surface area contributed by atoms with Crippen molar-refractivity contribution in [2.24, 2.45) is 10.7 Å². The largest absolute Gasteiger partial charge is 0.366 e. The van der Waals surface area contributed by atoms with Gasteiger partial charge < -0.3 is 16.4 Å². The molecule has 2 aromatic carbocycles. The number of primary amides is 1. The lowest BCUT2D eigenvalue weighted by atomic mass is 10.1. The summed E-state index contributed by atoms with van der Waals surface area (Å²) in [7, 11) is 0. The molecule has 0 atom stereocenters. The third kappa shape index (κ3) is 7.31. The highest BCUT2D eigenvalue weighted by atomic mass is 127. The van der Waals surface area contributed by atoms with E-state index >= 15 is 0 Å². The molecule has 4 N–H and O–H groups in total. The van der Waals surface area contributed by atoms with Gasteiger partial charge in [-0.2, -0.15) is 0 Å². The molecule has 5 nitrogen and oxygen atoms in total. The van der Waals surface area contributed by atoms with Crippen LogP contribution in [-0.4, -0.2) is 18.4 Å². The number of aliphatic imine (C=N–C) groups is 1. The number of nitrogens with zero attached hydrogens (tertiary/aromatic N) is 1. The predicted octanol–water partition coefficient (Wildman–Crippen LogP) is 3.31. The van der Waals surface area contributed by atoms with Gasteiger partial charge in [-0.05, 0) is 42.3 Å². The number of hydrogen-bond acceptors (Lipinski definition) is 2. The van der Waals surface area contributed by atoms with Gasteiger partial charge in [-0.3, -0.25) is 4.79 Å². The summed E-state index contributed by atoms with van der Waals surface area (Å²) in [5.41, 5.74) is 7.83. The molecule has 0 radical (unpaired) electrons. The third-order valence-corrected chi connectivity index (χ3v) is 3.60. The SMILES string of the molecule is CCNC(=NCc1cccc(C(N)=O)c1)NCc1ccc(Cl)cc1.I. The van der Waals surface area contributed by atoms with Crippen LogP contribution in [0.3, 0.4) is 0 Å². The Morgan fingerprint density at radius 3 is 2.48 bits per heavy atom. The Morgan fingerprint density at radius 1 is 1.12 bits per heavy atom. The summed E-state index contributed by atoms with van der Waals surface area (Å²) in [6, 6.07) is 14.8. The number of nitrogens with one attached hydrogen (secondary N) is 2. The second kappa shape index (κ2) is 10.9. The van der Waals surface area contributed by atoms with Crippen LogP contribution < -0.4 is 16.4 Å². The molecule has 134 valence electrons. The van der Waals surface area contributed by atoms with Gasteiger partial charge in [-0.15, -0.1) is 24.0 Å². The maximum atomic E-state index is 11.2. The monoisotopic (exact) mass is 472 g/mol. The van der Waals surface area contributed by atoms with E-state index in [9.17, 15) is 4.79 Å². The molecule has 0 aliphatic carbocycles. The number of rotatable bonds is 6. The van der Waals surface area contributed by atoms with Gasteiger partial charge in [-0.1, -0.05) is 35.9 Å². The lowest BCUT2D eigenvalue weighted by molar-refractivity contribution is 0.1000. The number of carbonyl (C=O) groups is 1. The van der Waals surface area contributed by atoms with Crippen molar-refractivity contribution < 1.29 is 4.79 Å². The van der Waals surface area contributed by atoms with Crippen LogP contribution >= 0.6 is 35.6 Å². The molecule has 0 aliphatic rings. The molecular weight excluding hydrogens is 451 g/mol. The van der Waals surface area contributed by atoms with Crippen LogP contribution in [0, 0.1) is 0 Å². The third-order valence-electron chi connectivity index (χ3n) is 3.35. The normalized spacial score (nSPS) is 10.7. The van der Waals surface area contributed by atoms with Crippen LogP contribution in [-0.2, 0) is 13.1 Å². The smallest absolute Gasteiger partial charge is 0.248 e. The molecule has 0 spiro atoms. The second-order valence-corrected chi connectivity index (χ2v) is 5.68. The van der Waals surface area contributed by atoms with Gasteiger partial charge in [0, 0.05) is 23.7 Å². The van der Waals surface area contributed by atoms with Crippen molar-refractivity contribution in [1.29, 1.82) is 0 Å². The fourth-order valence-corrected chi connectivity index (χ4v) is 2.25. The van der Waals surface area contributed by atoms with Gasteiger partial charge in [0.05, 0.1) is 6.54 Å². The van der Waals surface area contributed by atoms with E-state index in [0.29, 0.717) is 29.6 Å². The van der Waals surface area contributed by atoms with E-state index in [0.717, 1.165) is 17.7 Å². The Labute approximate surface area is 170 Å². The van der Waals surface area contributed by atoms with Crippen LogP contribution in [0.4, 0.5) is 0 Å². The van der Waals surface area contributed by atoms with Crippen LogP contribution in [0.5, 0.6) is 0 Å². The Hall–Kier alpha value is -1.80. The minimum atomic E-state index is -0.436. The summed E-state index contributed by atoms with van der Waals surface area (Å²) in [6.45, 7) is 3.86. The van der Waals surface area contributed by atoms with Gasteiger partial charge in [0.2, 0.25) is 5.91 Å². The molecule has 0 bridgehead atoms. The minimum absolute atomic E-state index is 0. The van der Waals surface area contributed by atoms with Crippen LogP contribution in [0.2, 0.25) is 5.02 Å². The van der Waals surface area contributed by atoms with E-state index in [1.807, 2.05) is 37.3 Å². The van der Waals surface area contributed by atoms with Gasteiger partial charge in [0.15, 0.2) is 5.96 Å². The Morgan fingerprint density at radius 2 is 1.84 bits per heavy atom. The number of amides is 1. The predicted molar refractivity (Wildman–Crippen MR) is 113 cm³/mol. The number of benzene rings is 2. The van der Waals surface area contributed by atoms with Gasteiger partial charge >= 0.3 is 0 Å². The van der Waals surface area contributed by atoms with Gasteiger partial charge in [-0.25, -0.2) is 4.99 Å². The van der Waals surface area contributed by atoms with Crippen molar-refractivity contribution in [2.45, 2.75) is 20.0 Å². The van der Waals surface area contributed by atoms with Crippen LogP contribution in [0.25, 0.3) is 0 Å². The van der Waals surface area contributed by atoms with Crippen molar-refractivity contribution in [2.75, 3.05) is 6.54 Å². The van der Waals surface area contributed by atoms with Crippen molar-refractivity contribution in [3.05, 3.63) is 70.2 Å². The number of guanidine groups is 1. The first-order valence-corrected chi connectivity index (χ1v) is 8.11. The van der Waals surface area contributed by atoms with Gasteiger partial charge in [0.25, 0.3) is 0 Å². The molecule has 0 aromatic heterocycles. The Bertz CT molecular complexity index is 719. The molecule has 1 amide bonds. The molecule has 2 aromatic rings. The topological polar surface area (TPSA) is 79.5 Å². The molecule has 25 heavy (non-hydrogen) atoms. The van der Waals surface area contributed by atoms with E-state index in [1.54, 1.807) is 18.2 Å². The quantitative estimate of drug-likeness (QED) is 0.343. The summed E-state index contributed by atoms with van der Waals surface area (Å²) in [6.07, 6.45) is 0. The van der Waals surface area contributed by atoms with Crippen molar-refractivity contribution in [3.8, 4) is 0 Å². The molecule has 2 rings (SSSR count). The standard InChI is InChI=1S/C18H21ClN4O.HI/c1-2-21-18(22-11-13-6-8-16(19)9-7-13)23-12-14-4-3-5-15(10-14)17(20)24;/h3-10H,2,11-12H2,1H3,(H2,20,24)(H2,21,22,23);1H. The molecule has 0 saturated heterocycles. The molecule has 7 heteroatoms. The summed E-state index contributed by atoms with van der Waals surface area (Å²) in [4.78, 5) is 15.8. The van der Waals surface area contributed by atoms with E-state index < -0.39 is 5.91 Å². The average molecular weight is 473 g/mol. The first-order chi connectivity index (χ1) is 11.6. The summed E-state index contributed by atoms with van der Waals surface area (Å²) >= 11 is 5.89. The lowest BCUT2D eigenvalue weighted by Crippen LogP contribution is -2.36. The fraction of sp³-hybridized carbons (Fsp3) is 0.222.